The van der Waals surface area contributed by atoms with Crippen LogP contribution in [0.15, 0.2) is 0 Å². The van der Waals surface area contributed by atoms with Crippen LogP contribution in [-0.4, -0.2) is 30.7 Å². The van der Waals surface area contributed by atoms with Crippen molar-refractivity contribution >= 4 is 8.51 Å². The SMILES string of the molecule is CCC[N+](CCC)(CCC)CCC.F[P-](F)(F)F. The summed E-state index contributed by atoms with van der Waals surface area (Å²) in [5, 5.41) is 0. The number of quaternary nitrogens is 1. The Labute approximate surface area is 110 Å². The van der Waals surface area contributed by atoms with Crippen LogP contribution in [0.2, 0.25) is 0 Å². The molecule has 0 aromatic heterocycles. The van der Waals surface area contributed by atoms with E-state index in [1.807, 2.05) is 0 Å². The number of halogens is 4. The summed E-state index contributed by atoms with van der Waals surface area (Å²) in [6, 6.07) is 0. The topological polar surface area (TPSA) is 0 Å². The van der Waals surface area contributed by atoms with Gasteiger partial charge in [-0.05, 0) is 25.7 Å². The molecule has 0 saturated carbocycles. The molecule has 0 rings (SSSR count). The second-order valence-electron chi connectivity index (χ2n) is 4.62. The molecule has 6 heteroatoms. The van der Waals surface area contributed by atoms with Gasteiger partial charge in [0.2, 0.25) is 0 Å². The van der Waals surface area contributed by atoms with Crippen molar-refractivity contribution in [2.45, 2.75) is 53.4 Å². The number of nitrogens with zero attached hydrogens (tertiary/aromatic N) is 1. The van der Waals surface area contributed by atoms with E-state index < -0.39 is 8.51 Å². The summed E-state index contributed by atoms with van der Waals surface area (Å²) < 4.78 is 40.6. The Balaban J connectivity index is 0. The molecule has 0 aliphatic carbocycles. The zero-order valence-electron chi connectivity index (χ0n) is 12.1. The van der Waals surface area contributed by atoms with E-state index in [1.54, 1.807) is 0 Å². The molecule has 0 spiro atoms. The molecule has 0 bridgehead atoms. The van der Waals surface area contributed by atoms with Gasteiger partial charge in [0.05, 0.1) is 26.2 Å². The van der Waals surface area contributed by atoms with Crippen molar-refractivity contribution < 1.29 is 21.3 Å². The van der Waals surface area contributed by atoms with Crippen LogP contribution in [0.4, 0.5) is 16.8 Å². The Bertz CT molecular complexity index is 150. The second-order valence-corrected chi connectivity index (χ2v) is 5.39. The minimum absolute atomic E-state index is 1.33. The molecule has 0 aliphatic rings. The van der Waals surface area contributed by atoms with Crippen molar-refractivity contribution in [1.82, 2.24) is 0 Å². The van der Waals surface area contributed by atoms with Gasteiger partial charge in [0.25, 0.3) is 0 Å². The molecule has 0 fully saturated rings. The molecule has 0 aromatic rings. The minimum atomic E-state index is -6.39. The Morgan fingerprint density at radius 2 is 0.778 bits per heavy atom. The Hall–Kier alpha value is 0.110. The van der Waals surface area contributed by atoms with Crippen LogP contribution < -0.4 is 0 Å². The van der Waals surface area contributed by atoms with Crippen LogP contribution in [0.5, 0.6) is 0 Å². The van der Waals surface area contributed by atoms with E-state index in [0.717, 1.165) is 0 Å². The Morgan fingerprint density at radius 1 is 0.611 bits per heavy atom. The molecule has 114 valence electrons. The fourth-order valence-electron chi connectivity index (χ4n) is 2.57. The van der Waals surface area contributed by atoms with E-state index in [-0.39, 0.29) is 0 Å². The summed E-state index contributed by atoms with van der Waals surface area (Å²) >= 11 is 0. The predicted molar refractivity (Wildman–Crippen MR) is 72.2 cm³/mol. The number of hydrogen-bond acceptors (Lipinski definition) is 0. The van der Waals surface area contributed by atoms with Gasteiger partial charge in [0.15, 0.2) is 0 Å². The van der Waals surface area contributed by atoms with Gasteiger partial charge in [0, 0.05) is 0 Å². The molecular weight excluding hydrogens is 265 g/mol. The fourth-order valence-corrected chi connectivity index (χ4v) is 2.57. The van der Waals surface area contributed by atoms with Crippen molar-refractivity contribution in [3.8, 4) is 0 Å². The molecule has 0 saturated heterocycles. The maximum atomic E-state index is 9.80. The quantitative estimate of drug-likeness (QED) is 0.293. The first-order chi connectivity index (χ1) is 8.24. The predicted octanol–water partition coefficient (Wildman–Crippen LogP) is 5.99. The molecule has 0 radical (unpaired) electrons. The van der Waals surface area contributed by atoms with Gasteiger partial charge in [-0.3, -0.25) is 0 Å². The van der Waals surface area contributed by atoms with E-state index in [2.05, 4.69) is 27.7 Å². The first kappa shape index (κ1) is 20.4. The first-order valence-electron chi connectivity index (χ1n) is 6.77. The van der Waals surface area contributed by atoms with Crippen LogP contribution in [-0.2, 0) is 0 Å². The first-order valence-corrected chi connectivity index (χ1v) is 8.12. The maximum absolute atomic E-state index is 9.80. The summed E-state index contributed by atoms with van der Waals surface area (Å²) in [5.41, 5.74) is 0. The zero-order valence-corrected chi connectivity index (χ0v) is 13.0. The van der Waals surface area contributed by atoms with E-state index in [4.69, 9.17) is 0 Å². The molecule has 1 nitrogen and oxygen atoms in total. The zero-order chi connectivity index (χ0) is 14.7. The summed E-state index contributed by atoms with van der Waals surface area (Å²) in [5.74, 6) is 0. The molecule has 0 heterocycles. The van der Waals surface area contributed by atoms with Gasteiger partial charge in [0.1, 0.15) is 0 Å². The van der Waals surface area contributed by atoms with Gasteiger partial charge < -0.3 is 4.48 Å². The third kappa shape index (κ3) is 14.2. The number of hydrogen-bond donors (Lipinski definition) is 0. The van der Waals surface area contributed by atoms with Crippen molar-refractivity contribution in [1.29, 1.82) is 0 Å². The molecule has 0 amide bonds. The van der Waals surface area contributed by atoms with Crippen molar-refractivity contribution in [2.75, 3.05) is 26.2 Å². The van der Waals surface area contributed by atoms with Crippen molar-refractivity contribution in [3.63, 3.8) is 0 Å². The monoisotopic (exact) mass is 293 g/mol. The molecule has 0 aromatic carbocycles. The molecule has 0 aliphatic heterocycles. The van der Waals surface area contributed by atoms with Crippen molar-refractivity contribution in [3.05, 3.63) is 0 Å². The van der Waals surface area contributed by atoms with Crippen LogP contribution in [0.25, 0.3) is 0 Å². The van der Waals surface area contributed by atoms with Gasteiger partial charge >= 0.3 is 25.3 Å². The van der Waals surface area contributed by atoms with Crippen LogP contribution in [0, 0.1) is 0 Å². The third-order valence-corrected chi connectivity index (χ3v) is 2.79. The van der Waals surface area contributed by atoms with E-state index >= 15 is 0 Å². The van der Waals surface area contributed by atoms with Gasteiger partial charge in [-0.1, -0.05) is 27.7 Å². The molecule has 0 unspecified atom stereocenters. The molecular formula is C12H28F4NP. The van der Waals surface area contributed by atoms with E-state index in [9.17, 15) is 16.8 Å². The molecule has 0 N–H and O–H groups in total. The third-order valence-electron chi connectivity index (χ3n) is 2.79. The Morgan fingerprint density at radius 3 is 0.889 bits per heavy atom. The van der Waals surface area contributed by atoms with Gasteiger partial charge in [-0.25, -0.2) is 0 Å². The normalized spacial score (nSPS) is 12.9. The standard InChI is InChI=1S/C12H28N.F4P/c1-5-9-13(10-6-2,11-7-3)12-8-4;1-5(2,3)4/h5-12H2,1-4H3;/q+1;-1. The van der Waals surface area contributed by atoms with Crippen LogP contribution in [0.1, 0.15) is 53.4 Å². The van der Waals surface area contributed by atoms with Gasteiger partial charge in [-0.15, -0.1) is 0 Å². The number of rotatable bonds is 8. The summed E-state index contributed by atoms with van der Waals surface area (Å²) in [6.07, 6.45) is 5.33. The average Bonchev–Trinajstić information content (AvgIpc) is 2.16. The van der Waals surface area contributed by atoms with Crippen LogP contribution in [0.3, 0.4) is 0 Å². The average molecular weight is 293 g/mol. The molecule has 18 heavy (non-hydrogen) atoms. The van der Waals surface area contributed by atoms with E-state index in [0.29, 0.717) is 0 Å². The Kier molecular flexibility index (Phi) is 12.5. The summed E-state index contributed by atoms with van der Waals surface area (Å²) in [4.78, 5) is 0. The summed E-state index contributed by atoms with van der Waals surface area (Å²) in [6.45, 7) is 14.8. The second kappa shape index (κ2) is 11.0. The van der Waals surface area contributed by atoms with Gasteiger partial charge in [-0.2, -0.15) is 0 Å². The summed E-state index contributed by atoms with van der Waals surface area (Å²) in [7, 11) is -6.39. The molecule has 0 atom stereocenters. The van der Waals surface area contributed by atoms with E-state index in [1.165, 1.54) is 56.3 Å². The van der Waals surface area contributed by atoms with Crippen molar-refractivity contribution in [2.24, 2.45) is 0 Å². The van der Waals surface area contributed by atoms with Crippen LogP contribution >= 0.6 is 8.51 Å². The fraction of sp³-hybridized carbons (Fsp3) is 1.00.